The molecular weight excluding hydrogens is 400 g/mol. The van der Waals surface area contributed by atoms with Gasteiger partial charge in [0.2, 0.25) is 0 Å². The first-order valence-electron chi connectivity index (χ1n) is 12.4. The Hall–Kier alpha value is -1.91. The van der Waals surface area contributed by atoms with Gasteiger partial charge in [0.05, 0.1) is 18.8 Å². The Morgan fingerprint density at radius 1 is 1.22 bits per heavy atom. The fraction of sp³-hybridized carbons (Fsp3) is 0.607. The third kappa shape index (κ3) is 6.79. The summed E-state index contributed by atoms with van der Waals surface area (Å²) >= 11 is 0. The van der Waals surface area contributed by atoms with Crippen molar-refractivity contribution in [1.82, 2.24) is 0 Å². The average Bonchev–Trinajstić information content (AvgIpc) is 3.31. The Bertz CT molecular complexity index is 756. The number of aliphatic carboxylic acids is 1. The lowest BCUT2D eigenvalue weighted by Gasteiger charge is -2.38. The maximum Gasteiger partial charge on any atom is 0.303 e. The van der Waals surface area contributed by atoms with Gasteiger partial charge in [-0.15, -0.1) is 0 Å². The van der Waals surface area contributed by atoms with Crippen molar-refractivity contribution in [1.29, 1.82) is 0 Å². The molecule has 1 aliphatic heterocycles. The summed E-state index contributed by atoms with van der Waals surface area (Å²) in [4.78, 5) is 10.7. The molecule has 1 saturated heterocycles. The van der Waals surface area contributed by atoms with Crippen molar-refractivity contribution in [3.8, 4) is 0 Å². The maximum absolute atomic E-state index is 10.7. The van der Waals surface area contributed by atoms with E-state index in [0.29, 0.717) is 18.3 Å². The summed E-state index contributed by atoms with van der Waals surface area (Å²) in [6, 6.07) is 10.7. The van der Waals surface area contributed by atoms with Crippen molar-refractivity contribution in [2.24, 2.45) is 17.3 Å². The molecule has 1 aromatic carbocycles. The first kappa shape index (κ1) is 24.7. The number of hydrogen-bond donors (Lipinski definition) is 2. The second-order valence-corrected chi connectivity index (χ2v) is 9.70. The van der Waals surface area contributed by atoms with E-state index in [-0.39, 0.29) is 24.0 Å². The van der Waals surface area contributed by atoms with Gasteiger partial charge in [0.1, 0.15) is 0 Å². The van der Waals surface area contributed by atoms with E-state index in [9.17, 15) is 9.90 Å². The summed E-state index contributed by atoms with van der Waals surface area (Å²) in [5, 5.41) is 19.2. The van der Waals surface area contributed by atoms with Crippen LogP contribution >= 0.6 is 0 Å². The van der Waals surface area contributed by atoms with Crippen LogP contribution in [0.15, 0.2) is 54.6 Å². The van der Waals surface area contributed by atoms with Gasteiger partial charge in [0.25, 0.3) is 0 Å². The smallest absolute Gasteiger partial charge is 0.303 e. The zero-order valence-electron chi connectivity index (χ0n) is 19.5. The summed E-state index contributed by atoms with van der Waals surface area (Å²) in [5.74, 6) is 0.0568. The molecule has 4 nitrogen and oxygen atoms in total. The van der Waals surface area contributed by atoms with Crippen LogP contribution < -0.4 is 0 Å². The van der Waals surface area contributed by atoms with Crippen molar-refractivity contribution in [3.05, 3.63) is 60.2 Å². The zero-order chi connectivity index (χ0) is 22.8. The van der Waals surface area contributed by atoms with E-state index in [1.165, 1.54) is 5.56 Å². The van der Waals surface area contributed by atoms with Gasteiger partial charge in [0.15, 0.2) is 0 Å². The average molecular weight is 441 g/mol. The summed E-state index contributed by atoms with van der Waals surface area (Å²) < 4.78 is 6.25. The van der Waals surface area contributed by atoms with Crippen molar-refractivity contribution < 1.29 is 19.7 Å². The van der Waals surface area contributed by atoms with Gasteiger partial charge in [-0.3, -0.25) is 4.79 Å². The Morgan fingerprint density at radius 3 is 2.78 bits per heavy atom. The van der Waals surface area contributed by atoms with Gasteiger partial charge < -0.3 is 14.9 Å². The van der Waals surface area contributed by atoms with Crippen LogP contribution in [-0.4, -0.2) is 35.0 Å². The molecule has 2 bridgehead atoms. The summed E-state index contributed by atoms with van der Waals surface area (Å²) in [5.41, 5.74) is 1.48. The van der Waals surface area contributed by atoms with Crippen LogP contribution in [0.25, 0.3) is 0 Å². The molecule has 4 heteroatoms. The van der Waals surface area contributed by atoms with Gasteiger partial charge in [-0.25, -0.2) is 0 Å². The molecule has 0 radical (unpaired) electrons. The first-order valence-corrected chi connectivity index (χ1v) is 12.4. The van der Waals surface area contributed by atoms with E-state index in [1.54, 1.807) is 0 Å². The molecule has 1 heterocycles. The molecule has 0 spiro atoms. The van der Waals surface area contributed by atoms with E-state index < -0.39 is 5.97 Å². The molecule has 0 unspecified atom stereocenters. The molecule has 5 atom stereocenters. The summed E-state index contributed by atoms with van der Waals surface area (Å²) in [6.45, 7) is 2.98. The number of unbranched alkanes of at least 4 members (excludes halogenated alkanes) is 3. The van der Waals surface area contributed by atoms with Crippen LogP contribution in [0, 0.1) is 17.3 Å². The molecule has 32 heavy (non-hydrogen) atoms. The van der Waals surface area contributed by atoms with E-state index in [4.69, 9.17) is 9.84 Å². The topological polar surface area (TPSA) is 66.8 Å². The van der Waals surface area contributed by atoms with Crippen LogP contribution in [0.3, 0.4) is 0 Å². The number of aliphatic hydroxyl groups is 1. The molecular formula is C28H40O4. The normalized spacial score (nSPS) is 28.1. The highest BCUT2D eigenvalue weighted by molar-refractivity contribution is 5.66. The van der Waals surface area contributed by atoms with Gasteiger partial charge in [-0.2, -0.15) is 0 Å². The third-order valence-corrected chi connectivity index (χ3v) is 7.25. The third-order valence-electron chi connectivity index (χ3n) is 7.25. The number of carboxylic acid groups (broad SMARTS) is 1. The second kappa shape index (κ2) is 12.4. The molecule has 0 aromatic heterocycles. The minimum atomic E-state index is -0.729. The van der Waals surface area contributed by atoms with Crippen LogP contribution in [-0.2, 0) is 16.0 Å². The van der Waals surface area contributed by atoms with Gasteiger partial charge in [-0.1, -0.05) is 80.8 Å². The summed E-state index contributed by atoms with van der Waals surface area (Å²) in [7, 11) is 0. The summed E-state index contributed by atoms with van der Waals surface area (Å²) in [6.07, 6.45) is 17.5. The zero-order valence-corrected chi connectivity index (χ0v) is 19.5. The SMILES string of the molecule is CCCCC[C@@H](O)C=C[C@@H]1[C@@H](CC=CCCCC(=O)O)[C@@]2(Cc3ccccc3)CO[C@@H]1C2. The van der Waals surface area contributed by atoms with Crippen molar-refractivity contribution in [3.63, 3.8) is 0 Å². The van der Waals surface area contributed by atoms with Crippen LogP contribution in [0.5, 0.6) is 0 Å². The van der Waals surface area contributed by atoms with Crippen LogP contribution in [0.1, 0.15) is 70.3 Å². The largest absolute Gasteiger partial charge is 0.481 e. The van der Waals surface area contributed by atoms with E-state index in [1.807, 2.05) is 6.08 Å². The Morgan fingerprint density at radius 2 is 2.03 bits per heavy atom. The number of ether oxygens (including phenoxy) is 1. The minimum absolute atomic E-state index is 0.125. The molecule has 2 aliphatic rings. The highest BCUT2D eigenvalue weighted by atomic mass is 16.5. The lowest BCUT2D eigenvalue weighted by Crippen LogP contribution is -2.37. The van der Waals surface area contributed by atoms with Gasteiger partial charge in [-0.05, 0) is 50.0 Å². The molecule has 1 aromatic rings. The van der Waals surface area contributed by atoms with E-state index in [0.717, 1.165) is 58.0 Å². The fourth-order valence-corrected chi connectivity index (χ4v) is 5.57. The monoisotopic (exact) mass is 440 g/mol. The van der Waals surface area contributed by atoms with Crippen molar-refractivity contribution >= 4 is 5.97 Å². The maximum atomic E-state index is 10.7. The number of fused-ring (bicyclic) bond motifs is 2. The lowest BCUT2D eigenvalue weighted by atomic mass is 9.70. The van der Waals surface area contributed by atoms with E-state index >= 15 is 0 Å². The molecule has 176 valence electrons. The number of rotatable bonds is 14. The molecule has 1 saturated carbocycles. The standard InChI is InChI=1S/C28H40O4/c1-2-3-7-14-23(29)17-18-24-25(15-10-4-5-11-16-27(30)31)28(20-26(24)32-21-28)19-22-12-8-6-9-13-22/h4,6,8-10,12-13,17-18,23-26,29H,2-3,5,7,11,14-16,19-21H2,1H3,(H,30,31)/t23-,24-,25-,26-,28-/m1/s1. The molecule has 1 aliphatic carbocycles. The molecule has 0 amide bonds. The number of allylic oxidation sites excluding steroid dienone is 2. The Balaban J connectivity index is 1.68. The Kier molecular flexibility index (Phi) is 9.55. The molecule has 3 rings (SSSR count). The van der Waals surface area contributed by atoms with Crippen LogP contribution in [0.4, 0.5) is 0 Å². The number of carbonyl (C=O) groups is 1. The second-order valence-electron chi connectivity index (χ2n) is 9.70. The number of aliphatic hydroxyl groups excluding tert-OH is 1. The van der Waals surface area contributed by atoms with E-state index in [2.05, 4.69) is 55.5 Å². The number of benzene rings is 1. The van der Waals surface area contributed by atoms with Crippen molar-refractivity contribution in [2.45, 2.75) is 83.3 Å². The lowest BCUT2D eigenvalue weighted by molar-refractivity contribution is -0.137. The highest BCUT2D eigenvalue weighted by Crippen LogP contribution is 2.57. The Labute approximate surface area is 193 Å². The van der Waals surface area contributed by atoms with Gasteiger partial charge in [0, 0.05) is 17.8 Å². The quantitative estimate of drug-likeness (QED) is 0.277. The first-order chi connectivity index (χ1) is 15.5. The highest BCUT2D eigenvalue weighted by Gasteiger charge is 2.57. The number of hydrogen-bond acceptors (Lipinski definition) is 3. The van der Waals surface area contributed by atoms with Gasteiger partial charge >= 0.3 is 5.97 Å². The molecule has 2 fully saturated rings. The minimum Gasteiger partial charge on any atom is -0.481 e. The van der Waals surface area contributed by atoms with Crippen molar-refractivity contribution in [2.75, 3.05) is 6.61 Å². The van der Waals surface area contributed by atoms with Crippen LogP contribution in [0.2, 0.25) is 0 Å². The molecule has 2 N–H and O–H groups in total. The number of carboxylic acids is 1. The predicted octanol–water partition coefficient (Wildman–Crippen LogP) is 5.95. The predicted molar refractivity (Wildman–Crippen MR) is 128 cm³/mol. The fourth-order valence-electron chi connectivity index (χ4n) is 5.57.